The predicted octanol–water partition coefficient (Wildman–Crippen LogP) is 0.577. The highest BCUT2D eigenvalue weighted by Crippen LogP contribution is 2.26. The van der Waals surface area contributed by atoms with E-state index in [1.54, 1.807) is 0 Å². The van der Waals surface area contributed by atoms with E-state index in [1.807, 2.05) is 0 Å². The van der Waals surface area contributed by atoms with Crippen molar-refractivity contribution in [3.63, 3.8) is 0 Å². The SMILES string of the molecule is CC1(CNC(=O)NCCCC(=O)O)CCOC1. The van der Waals surface area contributed by atoms with E-state index < -0.39 is 5.97 Å². The van der Waals surface area contributed by atoms with E-state index in [4.69, 9.17) is 9.84 Å². The van der Waals surface area contributed by atoms with E-state index in [9.17, 15) is 9.59 Å². The minimum absolute atomic E-state index is 0.0262. The summed E-state index contributed by atoms with van der Waals surface area (Å²) in [6.07, 6.45) is 1.47. The largest absolute Gasteiger partial charge is 0.481 e. The molecule has 0 aliphatic carbocycles. The maximum Gasteiger partial charge on any atom is 0.314 e. The van der Waals surface area contributed by atoms with Crippen LogP contribution in [0.1, 0.15) is 26.2 Å². The molecule has 1 fully saturated rings. The zero-order chi connectivity index (χ0) is 12.7. The van der Waals surface area contributed by atoms with Crippen molar-refractivity contribution in [3.8, 4) is 0 Å². The monoisotopic (exact) mass is 244 g/mol. The van der Waals surface area contributed by atoms with Crippen molar-refractivity contribution in [2.24, 2.45) is 5.41 Å². The molecular weight excluding hydrogens is 224 g/mol. The average molecular weight is 244 g/mol. The van der Waals surface area contributed by atoms with Crippen LogP contribution in [0.15, 0.2) is 0 Å². The van der Waals surface area contributed by atoms with E-state index in [1.165, 1.54) is 0 Å². The molecule has 0 aromatic carbocycles. The van der Waals surface area contributed by atoms with Crippen LogP contribution in [0.4, 0.5) is 4.79 Å². The maximum atomic E-state index is 11.4. The minimum Gasteiger partial charge on any atom is -0.481 e. The van der Waals surface area contributed by atoms with Gasteiger partial charge in [-0.25, -0.2) is 4.79 Å². The smallest absolute Gasteiger partial charge is 0.314 e. The maximum absolute atomic E-state index is 11.4. The number of carboxylic acids is 1. The molecule has 0 aromatic rings. The summed E-state index contributed by atoms with van der Waals surface area (Å²) >= 11 is 0. The Morgan fingerprint density at radius 3 is 2.76 bits per heavy atom. The van der Waals surface area contributed by atoms with Crippen LogP contribution in [-0.4, -0.2) is 43.4 Å². The summed E-state index contributed by atoms with van der Waals surface area (Å²) in [4.78, 5) is 21.6. The van der Waals surface area contributed by atoms with E-state index in [-0.39, 0.29) is 17.9 Å². The topological polar surface area (TPSA) is 87.7 Å². The summed E-state index contributed by atoms with van der Waals surface area (Å²) in [5.41, 5.74) is 0.0262. The number of urea groups is 1. The van der Waals surface area contributed by atoms with Gasteiger partial charge in [-0.3, -0.25) is 4.79 Å². The first-order valence-electron chi connectivity index (χ1n) is 5.83. The van der Waals surface area contributed by atoms with Crippen LogP contribution in [0.3, 0.4) is 0 Å². The van der Waals surface area contributed by atoms with Crippen LogP contribution >= 0.6 is 0 Å². The number of carboxylic acid groups (broad SMARTS) is 1. The van der Waals surface area contributed by atoms with Crippen LogP contribution in [-0.2, 0) is 9.53 Å². The van der Waals surface area contributed by atoms with E-state index in [2.05, 4.69) is 17.6 Å². The molecule has 98 valence electrons. The molecule has 2 amide bonds. The third kappa shape index (κ3) is 5.53. The summed E-state index contributed by atoms with van der Waals surface area (Å²) in [6, 6.07) is -0.247. The molecule has 0 radical (unpaired) electrons. The fourth-order valence-corrected chi connectivity index (χ4v) is 1.65. The normalized spacial score (nSPS) is 23.4. The van der Waals surface area contributed by atoms with Gasteiger partial charge in [0.15, 0.2) is 0 Å². The van der Waals surface area contributed by atoms with Crippen LogP contribution in [0.25, 0.3) is 0 Å². The Labute approximate surface area is 101 Å². The lowest BCUT2D eigenvalue weighted by Gasteiger charge is -2.21. The van der Waals surface area contributed by atoms with Crippen LogP contribution in [0, 0.1) is 5.41 Å². The van der Waals surface area contributed by atoms with Crippen LogP contribution in [0.5, 0.6) is 0 Å². The second-order valence-corrected chi connectivity index (χ2v) is 4.72. The molecule has 6 heteroatoms. The number of hydrogen-bond donors (Lipinski definition) is 3. The van der Waals surface area contributed by atoms with Crippen molar-refractivity contribution in [1.82, 2.24) is 10.6 Å². The number of carbonyl (C=O) groups excluding carboxylic acids is 1. The predicted molar refractivity (Wildman–Crippen MR) is 61.8 cm³/mol. The van der Waals surface area contributed by atoms with Crippen molar-refractivity contribution < 1.29 is 19.4 Å². The molecule has 3 N–H and O–H groups in total. The van der Waals surface area contributed by atoms with Gasteiger partial charge in [-0.1, -0.05) is 6.92 Å². The number of nitrogens with one attached hydrogen (secondary N) is 2. The van der Waals surface area contributed by atoms with Crippen LogP contribution in [0.2, 0.25) is 0 Å². The molecular formula is C11H20N2O4. The summed E-state index contributed by atoms with van der Waals surface area (Å²) in [5, 5.41) is 13.8. The molecule has 0 saturated carbocycles. The Hall–Kier alpha value is -1.30. The van der Waals surface area contributed by atoms with Gasteiger partial charge in [0, 0.05) is 31.5 Å². The quantitative estimate of drug-likeness (QED) is 0.596. The Balaban J connectivity index is 2.06. The van der Waals surface area contributed by atoms with E-state index in [0.29, 0.717) is 26.1 Å². The first kappa shape index (κ1) is 13.8. The standard InChI is InChI=1S/C11H20N2O4/c1-11(4-6-17-8-11)7-13-10(16)12-5-2-3-9(14)15/h2-8H2,1H3,(H,14,15)(H2,12,13,16). The number of ether oxygens (including phenoxy) is 1. The highest BCUT2D eigenvalue weighted by atomic mass is 16.5. The molecule has 1 aliphatic heterocycles. The summed E-state index contributed by atoms with van der Waals surface area (Å²) in [5.74, 6) is -0.845. The average Bonchev–Trinajstić information content (AvgIpc) is 2.69. The van der Waals surface area contributed by atoms with Gasteiger partial charge >= 0.3 is 12.0 Å². The van der Waals surface area contributed by atoms with E-state index in [0.717, 1.165) is 13.0 Å². The second-order valence-electron chi connectivity index (χ2n) is 4.72. The zero-order valence-electron chi connectivity index (χ0n) is 10.1. The molecule has 1 heterocycles. The van der Waals surface area contributed by atoms with Gasteiger partial charge in [0.2, 0.25) is 0 Å². The number of aliphatic carboxylic acids is 1. The molecule has 6 nitrogen and oxygen atoms in total. The Bertz CT molecular complexity index is 275. The zero-order valence-corrected chi connectivity index (χ0v) is 10.1. The molecule has 0 aromatic heterocycles. The molecule has 17 heavy (non-hydrogen) atoms. The van der Waals surface area contributed by atoms with Gasteiger partial charge in [0.1, 0.15) is 0 Å². The third-order valence-corrected chi connectivity index (χ3v) is 2.83. The Morgan fingerprint density at radius 2 is 2.18 bits per heavy atom. The molecule has 1 unspecified atom stereocenters. The fourth-order valence-electron chi connectivity index (χ4n) is 1.65. The van der Waals surface area contributed by atoms with Crippen molar-refractivity contribution in [1.29, 1.82) is 0 Å². The number of rotatable bonds is 6. The highest BCUT2D eigenvalue weighted by molar-refractivity contribution is 5.74. The van der Waals surface area contributed by atoms with Gasteiger partial charge in [-0.05, 0) is 12.8 Å². The number of amides is 2. The summed E-state index contributed by atoms with van der Waals surface area (Å²) in [6.45, 7) is 4.46. The lowest BCUT2D eigenvalue weighted by atomic mass is 9.90. The number of hydrogen-bond acceptors (Lipinski definition) is 3. The van der Waals surface area contributed by atoms with Gasteiger partial charge in [0.05, 0.1) is 6.61 Å². The number of carbonyl (C=O) groups is 2. The molecule has 1 atom stereocenters. The molecule has 1 rings (SSSR count). The Kier molecular flexibility index (Phi) is 5.21. The molecule has 0 bridgehead atoms. The third-order valence-electron chi connectivity index (χ3n) is 2.83. The molecule has 1 aliphatic rings. The minimum atomic E-state index is -0.845. The van der Waals surface area contributed by atoms with Crippen molar-refractivity contribution >= 4 is 12.0 Å². The molecule has 0 spiro atoms. The lowest BCUT2D eigenvalue weighted by Crippen LogP contribution is -2.42. The fraction of sp³-hybridized carbons (Fsp3) is 0.818. The van der Waals surface area contributed by atoms with Crippen molar-refractivity contribution in [2.45, 2.75) is 26.2 Å². The summed E-state index contributed by atoms with van der Waals surface area (Å²) in [7, 11) is 0. The van der Waals surface area contributed by atoms with Gasteiger partial charge < -0.3 is 20.5 Å². The first-order chi connectivity index (χ1) is 8.02. The van der Waals surface area contributed by atoms with Crippen molar-refractivity contribution in [3.05, 3.63) is 0 Å². The summed E-state index contributed by atoms with van der Waals surface area (Å²) < 4.78 is 5.28. The van der Waals surface area contributed by atoms with Gasteiger partial charge in [-0.15, -0.1) is 0 Å². The van der Waals surface area contributed by atoms with Crippen LogP contribution < -0.4 is 10.6 Å². The Morgan fingerprint density at radius 1 is 1.41 bits per heavy atom. The highest BCUT2D eigenvalue weighted by Gasteiger charge is 2.29. The lowest BCUT2D eigenvalue weighted by molar-refractivity contribution is -0.137. The first-order valence-corrected chi connectivity index (χ1v) is 5.83. The van der Waals surface area contributed by atoms with Gasteiger partial charge in [0.25, 0.3) is 0 Å². The van der Waals surface area contributed by atoms with E-state index >= 15 is 0 Å². The second kappa shape index (κ2) is 6.44. The van der Waals surface area contributed by atoms with Gasteiger partial charge in [-0.2, -0.15) is 0 Å². The van der Waals surface area contributed by atoms with Crippen molar-refractivity contribution in [2.75, 3.05) is 26.3 Å². The molecule has 1 saturated heterocycles.